The lowest BCUT2D eigenvalue weighted by atomic mass is 9.88. The average Bonchev–Trinajstić information content (AvgIpc) is 3.24. The van der Waals surface area contributed by atoms with Gasteiger partial charge in [0.05, 0.1) is 17.4 Å². The van der Waals surface area contributed by atoms with Crippen LogP contribution in [0, 0.1) is 11.7 Å². The molecular weight excluding hydrogens is 327 g/mol. The Hall–Kier alpha value is -1.82. The van der Waals surface area contributed by atoms with Gasteiger partial charge in [-0.2, -0.15) is 13.9 Å². The summed E-state index contributed by atoms with van der Waals surface area (Å²) >= 11 is 0. The minimum atomic E-state index is -3.19. The van der Waals surface area contributed by atoms with Crippen LogP contribution in [0.5, 0.6) is 0 Å². The number of nitrogens with zero attached hydrogens (tertiary/aromatic N) is 3. The fraction of sp³-hybridized carbons (Fsp3) is 0.526. The number of benzene rings is 1. The first-order valence-corrected chi connectivity index (χ1v) is 9.03. The predicted molar refractivity (Wildman–Crippen MR) is 87.7 cm³/mol. The van der Waals surface area contributed by atoms with Gasteiger partial charge in [0.1, 0.15) is 11.5 Å². The molecule has 1 saturated heterocycles. The Morgan fingerprint density at radius 3 is 2.60 bits per heavy atom. The van der Waals surface area contributed by atoms with E-state index < -0.39 is 11.7 Å². The van der Waals surface area contributed by atoms with Gasteiger partial charge in [-0.25, -0.2) is 9.07 Å². The third-order valence-corrected chi connectivity index (χ3v) is 5.86. The number of piperidine rings is 1. The number of fused-ring (bicyclic) bond motifs is 3. The predicted octanol–water partition coefficient (Wildman–Crippen LogP) is 4.05. The van der Waals surface area contributed by atoms with Gasteiger partial charge in [-0.3, -0.25) is 0 Å². The lowest BCUT2D eigenvalue weighted by Gasteiger charge is -2.32. The molecule has 0 atom stereocenters. The van der Waals surface area contributed by atoms with Gasteiger partial charge >= 0.3 is 5.92 Å². The van der Waals surface area contributed by atoms with Gasteiger partial charge in [0, 0.05) is 12.1 Å². The molecule has 5 rings (SSSR count). The molecule has 2 aliphatic heterocycles. The summed E-state index contributed by atoms with van der Waals surface area (Å²) in [7, 11) is 0. The van der Waals surface area contributed by atoms with E-state index in [0.29, 0.717) is 11.3 Å². The van der Waals surface area contributed by atoms with Crippen LogP contribution < -0.4 is 0 Å². The zero-order chi connectivity index (χ0) is 17.2. The molecule has 3 nitrogen and oxygen atoms in total. The van der Waals surface area contributed by atoms with Gasteiger partial charge in [-0.05, 0) is 68.8 Å². The molecule has 2 aromatic rings. The van der Waals surface area contributed by atoms with Crippen molar-refractivity contribution >= 4 is 0 Å². The van der Waals surface area contributed by atoms with Gasteiger partial charge in [0.25, 0.3) is 0 Å². The van der Waals surface area contributed by atoms with E-state index in [1.165, 1.54) is 29.7 Å². The Bertz CT molecular complexity index is 817. The molecule has 0 radical (unpaired) electrons. The summed E-state index contributed by atoms with van der Waals surface area (Å²) in [4.78, 5) is 2.46. The SMILES string of the molecule is Fc1ccc2c(c1)C(F)(F)c1c(C3CCN(CC4CC4)CC3)cnn1-2. The first-order valence-electron chi connectivity index (χ1n) is 9.03. The number of hydrogen-bond acceptors (Lipinski definition) is 2. The highest BCUT2D eigenvalue weighted by atomic mass is 19.3. The highest BCUT2D eigenvalue weighted by Crippen LogP contribution is 2.49. The van der Waals surface area contributed by atoms with Crippen LogP contribution in [-0.4, -0.2) is 34.3 Å². The van der Waals surface area contributed by atoms with E-state index in [1.54, 1.807) is 6.20 Å². The molecule has 132 valence electrons. The van der Waals surface area contributed by atoms with Crippen LogP contribution in [0.4, 0.5) is 13.2 Å². The van der Waals surface area contributed by atoms with E-state index in [4.69, 9.17) is 0 Å². The quantitative estimate of drug-likeness (QED) is 0.835. The first kappa shape index (κ1) is 15.4. The molecule has 1 aromatic heterocycles. The summed E-state index contributed by atoms with van der Waals surface area (Å²) in [5.41, 5.74) is 0.586. The van der Waals surface area contributed by atoms with Gasteiger partial charge in [0.15, 0.2) is 0 Å². The van der Waals surface area contributed by atoms with E-state index in [0.717, 1.165) is 44.5 Å². The largest absolute Gasteiger partial charge is 0.317 e. The van der Waals surface area contributed by atoms with Crippen molar-refractivity contribution in [1.82, 2.24) is 14.7 Å². The van der Waals surface area contributed by atoms with E-state index in [-0.39, 0.29) is 17.2 Å². The van der Waals surface area contributed by atoms with E-state index in [2.05, 4.69) is 10.00 Å². The molecule has 3 aliphatic rings. The average molecular weight is 347 g/mol. The second-order valence-corrected chi connectivity index (χ2v) is 7.61. The Morgan fingerprint density at radius 1 is 1.12 bits per heavy atom. The minimum Gasteiger partial charge on any atom is -0.303 e. The van der Waals surface area contributed by atoms with Gasteiger partial charge in [-0.15, -0.1) is 0 Å². The lowest BCUT2D eigenvalue weighted by Crippen LogP contribution is -2.34. The topological polar surface area (TPSA) is 21.1 Å². The molecule has 0 spiro atoms. The molecule has 0 unspecified atom stereocenters. The number of hydrogen-bond donors (Lipinski definition) is 0. The van der Waals surface area contributed by atoms with Crippen LogP contribution in [0.3, 0.4) is 0 Å². The van der Waals surface area contributed by atoms with E-state index >= 15 is 0 Å². The molecule has 3 heterocycles. The summed E-state index contributed by atoms with van der Waals surface area (Å²) < 4.78 is 44.7. The molecule has 0 N–H and O–H groups in total. The second kappa shape index (κ2) is 5.34. The smallest absolute Gasteiger partial charge is 0.303 e. The number of aromatic nitrogens is 2. The first-order chi connectivity index (χ1) is 12.0. The number of rotatable bonds is 3. The Kier molecular flexibility index (Phi) is 3.29. The Morgan fingerprint density at radius 2 is 1.88 bits per heavy atom. The molecule has 2 fully saturated rings. The summed E-state index contributed by atoms with van der Waals surface area (Å²) in [6.45, 7) is 3.07. The molecule has 0 bridgehead atoms. The van der Waals surface area contributed by atoms with Crippen LogP contribution in [0.1, 0.15) is 48.4 Å². The second-order valence-electron chi connectivity index (χ2n) is 7.61. The van der Waals surface area contributed by atoms with Crippen molar-refractivity contribution in [3.05, 3.63) is 47.0 Å². The summed E-state index contributed by atoms with van der Waals surface area (Å²) in [6, 6.07) is 3.54. The monoisotopic (exact) mass is 347 g/mol. The maximum absolute atomic E-state index is 15.0. The fourth-order valence-electron chi connectivity index (χ4n) is 4.32. The molecule has 1 aromatic carbocycles. The van der Waals surface area contributed by atoms with Crippen molar-refractivity contribution in [2.75, 3.05) is 19.6 Å². The molecule has 25 heavy (non-hydrogen) atoms. The third kappa shape index (κ3) is 2.41. The molecule has 6 heteroatoms. The minimum absolute atomic E-state index is 0.0613. The fourth-order valence-corrected chi connectivity index (χ4v) is 4.32. The third-order valence-electron chi connectivity index (χ3n) is 5.86. The number of likely N-dealkylation sites (tertiary alicyclic amines) is 1. The Balaban J connectivity index is 1.43. The molecule has 1 aliphatic carbocycles. The maximum atomic E-state index is 15.0. The van der Waals surface area contributed by atoms with Crippen LogP contribution in [-0.2, 0) is 5.92 Å². The van der Waals surface area contributed by atoms with E-state index in [1.807, 2.05) is 0 Å². The van der Waals surface area contributed by atoms with Gasteiger partial charge < -0.3 is 4.90 Å². The zero-order valence-electron chi connectivity index (χ0n) is 13.9. The normalized spacial score (nSPS) is 22.8. The molecule has 0 amide bonds. The summed E-state index contributed by atoms with van der Waals surface area (Å²) in [5.74, 6) is -2.87. The highest BCUT2D eigenvalue weighted by Gasteiger charge is 2.49. The van der Waals surface area contributed by atoms with Crippen LogP contribution in [0.15, 0.2) is 24.4 Å². The maximum Gasteiger partial charge on any atom is 0.317 e. The number of halogens is 3. The van der Waals surface area contributed by atoms with Crippen LogP contribution in [0.25, 0.3) is 5.69 Å². The lowest BCUT2D eigenvalue weighted by molar-refractivity contribution is 0.0419. The molecular formula is C19H20F3N3. The van der Waals surface area contributed by atoms with Crippen LogP contribution in [0.2, 0.25) is 0 Å². The highest BCUT2D eigenvalue weighted by molar-refractivity contribution is 5.56. The standard InChI is InChI=1S/C19H20F3N3/c20-14-3-4-17-16(9-14)19(21,22)18-15(10-23-25(17)18)13-5-7-24(8-6-13)11-12-1-2-12/h3-4,9-10,12-13H,1-2,5-8,11H2. The van der Waals surface area contributed by atoms with Gasteiger partial charge in [-0.1, -0.05) is 0 Å². The van der Waals surface area contributed by atoms with Crippen LogP contribution >= 0.6 is 0 Å². The van der Waals surface area contributed by atoms with Gasteiger partial charge in [0.2, 0.25) is 0 Å². The number of alkyl halides is 2. The van der Waals surface area contributed by atoms with E-state index in [9.17, 15) is 13.2 Å². The van der Waals surface area contributed by atoms with Crippen molar-refractivity contribution in [2.24, 2.45) is 5.92 Å². The Labute approximate surface area is 144 Å². The summed E-state index contributed by atoms with van der Waals surface area (Å²) in [6.07, 6.45) is 6.02. The summed E-state index contributed by atoms with van der Waals surface area (Å²) in [5, 5.41) is 4.22. The zero-order valence-corrected chi connectivity index (χ0v) is 13.9. The van der Waals surface area contributed by atoms with Crippen molar-refractivity contribution < 1.29 is 13.2 Å². The molecule has 1 saturated carbocycles. The van der Waals surface area contributed by atoms with Crippen molar-refractivity contribution in [1.29, 1.82) is 0 Å². The van der Waals surface area contributed by atoms with Crippen molar-refractivity contribution in [3.63, 3.8) is 0 Å². The van der Waals surface area contributed by atoms with Crippen molar-refractivity contribution in [2.45, 2.75) is 37.5 Å². The van der Waals surface area contributed by atoms with Crippen molar-refractivity contribution in [3.8, 4) is 5.69 Å².